The summed E-state index contributed by atoms with van der Waals surface area (Å²) in [6.07, 6.45) is 0.888. The summed E-state index contributed by atoms with van der Waals surface area (Å²) in [5, 5.41) is -0.143. The summed E-state index contributed by atoms with van der Waals surface area (Å²) in [5.41, 5.74) is 0.653. The van der Waals surface area contributed by atoms with Gasteiger partial charge in [0.2, 0.25) is 11.1 Å². The van der Waals surface area contributed by atoms with Crippen molar-refractivity contribution in [2.24, 2.45) is 0 Å². The molecule has 2 aromatic rings. The summed E-state index contributed by atoms with van der Waals surface area (Å²) >= 11 is 5.51. The lowest BCUT2D eigenvalue weighted by atomic mass is 10.2. The monoisotopic (exact) mass is 256 g/mol. The van der Waals surface area contributed by atoms with Crippen LogP contribution in [0.4, 0.5) is 8.78 Å². The number of nitrogens with zero attached hydrogens (tertiary/aromatic N) is 2. The minimum Gasteiger partial charge on any atom is -0.436 e. The summed E-state index contributed by atoms with van der Waals surface area (Å²) in [5.74, 6) is -1.40. The maximum absolute atomic E-state index is 13.3. The molecule has 0 aliphatic carbocycles. The molecule has 88 valence electrons. The van der Waals surface area contributed by atoms with Crippen LogP contribution in [-0.2, 0) is 0 Å². The van der Waals surface area contributed by atoms with Gasteiger partial charge in [-0.2, -0.15) is 9.37 Å². The fraction of sp³-hybridized carbons (Fsp3) is 0.0909. The Hall–Kier alpha value is -1.75. The van der Waals surface area contributed by atoms with Crippen LogP contribution in [0.5, 0.6) is 11.6 Å². The molecule has 0 spiro atoms. The highest BCUT2D eigenvalue weighted by atomic mass is 35.5. The van der Waals surface area contributed by atoms with E-state index in [1.807, 2.05) is 0 Å². The molecule has 0 bridgehead atoms. The molecule has 3 nitrogen and oxygen atoms in total. The molecule has 1 aromatic heterocycles. The second-order valence-electron chi connectivity index (χ2n) is 3.30. The first-order chi connectivity index (χ1) is 8.06. The van der Waals surface area contributed by atoms with Gasteiger partial charge in [0.1, 0.15) is 11.6 Å². The zero-order valence-electron chi connectivity index (χ0n) is 8.75. The van der Waals surface area contributed by atoms with Gasteiger partial charge in [-0.3, -0.25) is 0 Å². The van der Waals surface area contributed by atoms with E-state index in [1.165, 1.54) is 12.1 Å². The van der Waals surface area contributed by atoms with E-state index in [1.54, 1.807) is 6.92 Å². The lowest BCUT2D eigenvalue weighted by molar-refractivity contribution is 0.414. The van der Waals surface area contributed by atoms with Gasteiger partial charge < -0.3 is 4.74 Å². The number of hydrogen-bond acceptors (Lipinski definition) is 3. The fourth-order valence-corrected chi connectivity index (χ4v) is 1.32. The number of benzene rings is 1. The van der Waals surface area contributed by atoms with E-state index >= 15 is 0 Å². The van der Waals surface area contributed by atoms with Crippen LogP contribution in [0.3, 0.4) is 0 Å². The van der Waals surface area contributed by atoms with Crippen molar-refractivity contribution in [2.75, 3.05) is 0 Å². The van der Waals surface area contributed by atoms with Gasteiger partial charge in [-0.15, -0.1) is 0 Å². The van der Waals surface area contributed by atoms with Crippen LogP contribution >= 0.6 is 11.6 Å². The normalized spacial score (nSPS) is 10.4. The fourth-order valence-electron chi connectivity index (χ4n) is 1.19. The molecular formula is C11H7ClF2N2O. The summed E-state index contributed by atoms with van der Waals surface area (Å²) in [4.78, 5) is 7.02. The average molecular weight is 257 g/mol. The van der Waals surface area contributed by atoms with Crippen LogP contribution in [-0.4, -0.2) is 9.97 Å². The van der Waals surface area contributed by atoms with Gasteiger partial charge in [-0.1, -0.05) is 6.07 Å². The molecule has 1 aromatic carbocycles. The van der Waals surface area contributed by atoms with E-state index in [0.29, 0.717) is 5.56 Å². The predicted molar refractivity (Wildman–Crippen MR) is 58.2 cm³/mol. The number of aromatic nitrogens is 2. The first kappa shape index (κ1) is 11.7. The van der Waals surface area contributed by atoms with Crippen LogP contribution in [0.15, 0.2) is 24.4 Å². The molecule has 0 saturated carbocycles. The Bertz CT molecular complexity index is 514. The van der Waals surface area contributed by atoms with Crippen molar-refractivity contribution < 1.29 is 13.5 Å². The third kappa shape index (κ3) is 2.68. The minimum atomic E-state index is -0.766. The van der Waals surface area contributed by atoms with Gasteiger partial charge in [-0.25, -0.2) is 9.37 Å². The highest BCUT2D eigenvalue weighted by molar-refractivity contribution is 6.28. The van der Waals surface area contributed by atoms with Crippen LogP contribution < -0.4 is 4.74 Å². The van der Waals surface area contributed by atoms with Gasteiger partial charge in [0, 0.05) is 6.07 Å². The van der Waals surface area contributed by atoms with E-state index in [4.69, 9.17) is 16.3 Å². The van der Waals surface area contributed by atoms with E-state index in [2.05, 4.69) is 9.97 Å². The Morgan fingerprint density at radius 1 is 1.29 bits per heavy atom. The number of hydrogen-bond donors (Lipinski definition) is 0. The van der Waals surface area contributed by atoms with Crippen LogP contribution in [0.2, 0.25) is 5.28 Å². The zero-order chi connectivity index (χ0) is 12.4. The largest absolute Gasteiger partial charge is 0.436 e. The Kier molecular flexibility index (Phi) is 3.19. The molecule has 2 rings (SSSR count). The van der Waals surface area contributed by atoms with Gasteiger partial charge in [-0.05, 0) is 30.2 Å². The topological polar surface area (TPSA) is 35.0 Å². The maximum Gasteiger partial charge on any atom is 0.260 e. The third-order valence-electron chi connectivity index (χ3n) is 2.04. The molecule has 1 heterocycles. The Labute approximate surface area is 101 Å². The van der Waals surface area contributed by atoms with E-state index < -0.39 is 11.6 Å². The summed E-state index contributed by atoms with van der Waals surface area (Å²) < 4.78 is 31.4. The maximum atomic E-state index is 13.3. The Balaban J connectivity index is 2.37. The van der Waals surface area contributed by atoms with Crippen molar-refractivity contribution in [3.63, 3.8) is 0 Å². The van der Waals surface area contributed by atoms with Crippen molar-refractivity contribution in [2.45, 2.75) is 6.92 Å². The molecule has 0 atom stereocenters. The lowest BCUT2D eigenvalue weighted by Crippen LogP contribution is -1.96. The number of ether oxygens (including phenoxy) is 1. The molecule has 0 fully saturated rings. The molecule has 0 aliphatic heterocycles. The van der Waals surface area contributed by atoms with Crippen molar-refractivity contribution >= 4 is 11.6 Å². The quantitative estimate of drug-likeness (QED) is 0.771. The van der Waals surface area contributed by atoms with Gasteiger partial charge in [0.25, 0.3) is 5.88 Å². The lowest BCUT2D eigenvalue weighted by Gasteiger charge is -2.08. The summed E-state index contributed by atoms with van der Waals surface area (Å²) in [6.45, 7) is 1.70. The second kappa shape index (κ2) is 4.63. The molecule has 17 heavy (non-hydrogen) atoms. The van der Waals surface area contributed by atoms with Crippen LogP contribution in [0.1, 0.15) is 5.56 Å². The molecule has 6 heteroatoms. The van der Waals surface area contributed by atoms with Gasteiger partial charge in [0.15, 0.2) is 0 Å². The van der Waals surface area contributed by atoms with Gasteiger partial charge >= 0.3 is 0 Å². The molecule has 0 unspecified atom stereocenters. The van der Waals surface area contributed by atoms with Crippen molar-refractivity contribution in [3.8, 4) is 11.6 Å². The van der Waals surface area contributed by atoms with Gasteiger partial charge in [0.05, 0.1) is 6.20 Å². The SMILES string of the molecule is Cc1ccc(F)cc1Oc1nc(Cl)ncc1F. The summed E-state index contributed by atoms with van der Waals surface area (Å²) in [7, 11) is 0. The summed E-state index contributed by atoms with van der Waals surface area (Å²) in [6, 6.07) is 3.95. The van der Waals surface area contributed by atoms with Crippen LogP contribution in [0, 0.1) is 18.6 Å². The number of rotatable bonds is 2. The standard InChI is InChI=1S/C11H7ClF2N2O/c1-6-2-3-7(13)4-9(6)17-10-8(14)5-15-11(12)16-10/h2-5H,1H3. The predicted octanol–water partition coefficient (Wildman–Crippen LogP) is 3.51. The number of aryl methyl sites for hydroxylation is 1. The van der Waals surface area contributed by atoms with E-state index in [9.17, 15) is 8.78 Å². The second-order valence-corrected chi connectivity index (χ2v) is 3.64. The first-order valence-corrected chi connectivity index (χ1v) is 5.06. The minimum absolute atomic E-state index is 0.143. The first-order valence-electron chi connectivity index (χ1n) is 4.68. The van der Waals surface area contributed by atoms with E-state index in [0.717, 1.165) is 12.3 Å². The van der Waals surface area contributed by atoms with Crippen molar-refractivity contribution in [1.82, 2.24) is 9.97 Å². The molecule has 0 saturated heterocycles. The third-order valence-corrected chi connectivity index (χ3v) is 2.22. The smallest absolute Gasteiger partial charge is 0.260 e. The molecule has 0 aliphatic rings. The average Bonchev–Trinajstić information content (AvgIpc) is 2.28. The molecule has 0 N–H and O–H groups in total. The molecular weight excluding hydrogens is 250 g/mol. The number of halogens is 3. The Morgan fingerprint density at radius 3 is 2.82 bits per heavy atom. The Morgan fingerprint density at radius 2 is 2.06 bits per heavy atom. The highest BCUT2D eigenvalue weighted by Gasteiger charge is 2.10. The molecule has 0 radical (unpaired) electrons. The van der Waals surface area contributed by atoms with Crippen molar-refractivity contribution in [3.05, 3.63) is 46.9 Å². The highest BCUT2D eigenvalue weighted by Crippen LogP contribution is 2.26. The molecule has 0 amide bonds. The zero-order valence-corrected chi connectivity index (χ0v) is 9.50. The van der Waals surface area contributed by atoms with Crippen LogP contribution in [0.25, 0.3) is 0 Å². The van der Waals surface area contributed by atoms with Crippen molar-refractivity contribution in [1.29, 1.82) is 0 Å². The van der Waals surface area contributed by atoms with E-state index in [-0.39, 0.29) is 16.9 Å².